The molecule has 1 fully saturated rings. The lowest BCUT2D eigenvalue weighted by Crippen LogP contribution is -2.46. The number of fused-ring (bicyclic) bond motifs is 1. The van der Waals surface area contributed by atoms with Gasteiger partial charge in [-0.3, -0.25) is 0 Å². The van der Waals surface area contributed by atoms with E-state index in [2.05, 4.69) is 21.9 Å². The van der Waals surface area contributed by atoms with Crippen molar-refractivity contribution in [3.05, 3.63) is 70.4 Å². The van der Waals surface area contributed by atoms with Gasteiger partial charge >= 0.3 is 12.4 Å². The van der Waals surface area contributed by atoms with Crippen LogP contribution in [0.3, 0.4) is 0 Å². The summed E-state index contributed by atoms with van der Waals surface area (Å²) in [6.07, 6.45) is -8.36. The van der Waals surface area contributed by atoms with Crippen molar-refractivity contribution in [2.24, 2.45) is 0 Å². The molecule has 0 spiro atoms. The Kier molecular flexibility index (Phi) is 7.15. The summed E-state index contributed by atoms with van der Waals surface area (Å²) in [4.78, 5) is 6.59. The summed E-state index contributed by atoms with van der Waals surface area (Å²) in [5.74, 6) is 5.46. The van der Waals surface area contributed by atoms with E-state index < -0.39 is 33.6 Å². The Bertz CT molecular complexity index is 1720. The van der Waals surface area contributed by atoms with Gasteiger partial charge in [0.1, 0.15) is 4.21 Å². The van der Waals surface area contributed by atoms with E-state index in [1.807, 2.05) is 11.9 Å². The molecule has 210 valence electrons. The van der Waals surface area contributed by atoms with Crippen molar-refractivity contribution in [3.8, 4) is 23.1 Å². The molecule has 0 atom stereocenters. The number of likely N-dealkylation sites (N-methyl/N-ethyl adjacent to an activating group) is 1. The molecular weight excluding hydrogens is 580 g/mol. The monoisotopic (exact) mass is 599 g/mol. The van der Waals surface area contributed by atoms with Crippen LogP contribution in [0.2, 0.25) is 0 Å². The van der Waals surface area contributed by atoms with E-state index in [0.29, 0.717) is 41.6 Å². The Hall–Kier alpha value is -3.45. The van der Waals surface area contributed by atoms with Gasteiger partial charge in [-0.05, 0) is 37.4 Å². The maximum Gasteiger partial charge on any atom is 0.433 e. The zero-order valence-corrected chi connectivity index (χ0v) is 22.2. The molecule has 0 aliphatic carbocycles. The third-order valence-corrected chi connectivity index (χ3v) is 9.60. The first-order chi connectivity index (χ1) is 18.7. The number of sulfonamides is 1. The van der Waals surface area contributed by atoms with Crippen LogP contribution < -0.4 is 0 Å². The summed E-state index contributed by atoms with van der Waals surface area (Å²) in [7, 11) is -1.80. The number of hydrogen-bond acceptors (Lipinski definition) is 6. The summed E-state index contributed by atoms with van der Waals surface area (Å²) in [6.45, 7) is 1.92. The summed E-state index contributed by atoms with van der Waals surface area (Å²) >= 11 is 0.936. The Balaban J connectivity index is 1.50. The molecule has 0 saturated carbocycles. The van der Waals surface area contributed by atoms with Crippen LogP contribution in [0.5, 0.6) is 0 Å². The zero-order valence-electron chi connectivity index (χ0n) is 20.6. The minimum Gasteiger partial charge on any atom is -0.304 e. The van der Waals surface area contributed by atoms with Crippen LogP contribution in [-0.4, -0.2) is 65.4 Å². The molecule has 4 heterocycles. The highest BCUT2D eigenvalue weighted by Crippen LogP contribution is 2.34. The highest BCUT2D eigenvalue weighted by molar-refractivity contribution is 7.91. The molecule has 1 aromatic carbocycles. The van der Waals surface area contributed by atoms with Crippen LogP contribution in [0.15, 0.2) is 52.9 Å². The second-order valence-corrected chi connectivity index (χ2v) is 12.2. The number of alkyl halides is 6. The summed E-state index contributed by atoms with van der Waals surface area (Å²) in [5.41, 5.74) is -2.53. The molecule has 0 N–H and O–H groups in total. The third kappa shape index (κ3) is 5.57. The van der Waals surface area contributed by atoms with E-state index in [4.69, 9.17) is 0 Å². The SMILES string of the molecule is CN1CCN(S(=O)(=O)c2ccc(C#Cc3cnn4c(C(F)(F)F)cc(-c5ccc(C(F)(F)F)cc5)nc34)s2)CC1. The minimum atomic E-state index is -4.85. The standard InChI is InChI=1S/C25H19F6N5O2S2/c1-34-10-12-35(13-11-34)40(37,38)22-9-8-19(39-22)7-4-17-15-32-36-21(25(29,30)31)14-20(33-23(17)36)16-2-5-18(6-3-16)24(26,27)28/h2-3,5-6,8-9,14-15H,10-13H2,1H3. The second kappa shape index (κ2) is 10.2. The van der Waals surface area contributed by atoms with Crippen LogP contribution in [0.1, 0.15) is 21.7 Å². The Morgan fingerprint density at radius 2 is 1.57 bits per heavy atom. The molecule has 3 aromatic heterocycles. The van der Waals surface area contributed by atoms with Crippen molar-refractivity contribution in [3.63, 3.8) is 0 Å². The van der Waals surface area contributed by atoms with Gasteiger partial charge in [0.25, 0.3) is 10.0 Å². The highest BCUT2D eigenvalue weighted by atomic mass is 32.2. The molecule has 5 rings (SSSR count). The van der Waals surface area contributed by atoms with Crippen molar-refractivity contribution < 1.29 is 34.8 Å². The molecular formula is C25H19F6N5O2S2. The van der Waals surface area contributed by atoms with Crippen molar-refractivity contribution in [2.75, 3.05) is 33.2 Å². The van der Waals surface area contributed by atoms with Gasteiger partial charge in [0.05, 0.1) is 27.9 Å². The first kappa shape index (κ1) is 28.1. The fourth-order valence-corrected chi connectivity index (χ4v) is 6.78. The van der Waals surface area contributed by atoms with E-state index in [1.165, 1.54) is 16.4 Å². The number of hydrogen-bond donors (Lipinski definition) is 0. The predicted molar refractivity (Wildman–Crippen MR) is 135 cm³/mol. The number of nitrogens with zero attached hydrogens (tertiary/aromatic N) is 5. The van der Waals surface area contributed by atoms with Crippen LogP contribution in [0.25, 0.3) is 16.9 Å². The first-order valence-corrected chi connectivity index (χ1v) is 13.9. The summed E-state index contributed by atoms with van der Waals surface area (Å²) in [6, 6.07) is 7.24. The van der Waals surface area contributed by atoms with Gasteiger partial charge in [-0.1, -0.05) is 24.0 Å². The Morgan fingerprint density at radius 3 is 2.20 bits per heavy atom. The van der Waals surface area contributed by atoms with Crippen molar-refractivity contribution in [1.29, 1.82) is 0 Å². The molecule has 0 amide bonds. The maximum atomic E-state index is 13.8. The minimum absolute atomic E-state index is 0.0242. The van der Waals surface area contributed by atoms with Gasteiger partial charge in [0.2, 0.25) is 0 Å². The van der Waals surface area contributed by atoms with Crippen molar-refractivity contribution in [2.45, 2.75) is 16.6 Å². The lowest BCUT2D eigenvalue weighted by molar-refractivity contribution is -0.142. The predicted octanol–water partition coefficient (Wildman–Crippen LogP) is 4.83. The molecule has 1 saturated heterocycles. The molecule has 1 aliphatic rings. The van der Waals surface area contributed by atoms with Crippen molar-refractivity contribution >= 4 is 27.0 Å². The van der Waals surface area contributed by atoms with Gasteiger partial charge < -0.3 is 4.90 Å². The van der Waals surface area contributed by atoms with Crippen LogP contribution >= 0.6 is 11.3 Å². The van der Waals surface area contributed by atoms with Gasteiger partial charge in [-0.2, -0.15) is 35.7 Å². The van der Waals surface area contributed by atoms with E-state index in [1.54, 1.807) is 0 Å². The third-order valence-electron chi connectivity index (χ3n) is 6.23. The van der Waals surface area contributed by atoms with Crippen LogP contribution in [0.4, 0.5) is 26.3 Å². The van der Waals surface area contributed by atoms with E-state index in [9.17, 15) is 34.8 Å². The van der Waals surface area contributed by atoms with Gasteiger partial charge in [-0.25, -0.2) is 17.9 Å². The molecule has 4 aromatic rings. The largest absolute Gasteiger partial charge is 0.433 e. The first-order valence-electron chi connectivity index (χ1n) is 11.7. The van der Waals surface area contributed by atoms with Gasteiger partial charge in [0, 0.05) is 31.7 Å². The fourth-order valence-electron chi connectivity index (χ4n) is 4.04. The number of thiophene rings is 1. The summed E-state index contributed by atoms with van der Waals surface area (Å²) < 4.78 is 108. The number of piperazine rings is 1. The quantitative estimate of drug-likeness (QED) is 0.249. The second-order valence-electron chi connectivity index (χ2n) is 8.97. The normalized spacial score (nSPS) is 15.8. The lowest BCUT2D eigenvalue weighted by atomic mass is 10.1. The molecule has 0 unspecified atom stereocenters. The average molecular weight is 600 g/mol. The molecule has 15 heteroatoms. The van der Waals surface area contributed by atoms with Crippen LogP contribution in [-0.2, 0) is 22.4 Å². The number of rotatable bonds is 3. The molecule has 0 radical (unpaired) electrons. The van der Waals surface area contributed by atoms with E-state index >= 15 is 0 Å². The van der Waals surface area contributed by atoms with E-state index in [-0.39, 0.29) is 26.7 Å². The molecule has 7 nitrogen and oxygen atoms in total. The van der Waals surface area contributed by atoms with Gasteiger partial charge in [0.15, 0.2) is 11.3 Å². The fraction of sp³-hybridized carbons (Fsp3) is 0.280. The Morgan fingerprint density at radius 1 is 0.900 bits per heavy atom. The van der Waals surface area contributed by atoms with Crippen LogP contribution in [0, 0.1) is 11.8 Å². The van der Waals surface area contributed by atoms with Gasteiger partial charge in [-0.15, -0.1) is 11.3 Å². The zero-order chi connectivity index (χ0) is 28.9. The Labute approximate surface area is 228 Å². The van der Waals surface area contributed by atoms with Crippen molar-refractivity contribution in [1.82, 2.24) is 23.8 Å². The molecule has 0 bridgehead atoms. The topological polar surface area (TPSA) is 70.8 Å². The summed E-state index contributed by atoms with van der Waals surface area (Å²) in [5, 5.41) is 3.77. The molecule has 40 heavy (non-hydrogen) atoms. The highest BCUT2D eigenvalue weighted by Gasteiger charge is 2.36. The number of aromatic nitrogens is 3. The number of benzene rings is 1. The smallest absolute Gasteiger partial charge is 0.304 e. The van der Waals surface area contributed by atoms with E-state index in [0.717, 1.165) is 41.8 Å². The lowest BCUT2D eigenvalue weighted by Gasteiger charge is -2.31. The molecule has 1 aliphatic heterocycles. The maximum absolute atomic E-state index is 13.8. The average Bonchev–Trinajstić information content (AvgIpc) is 3.54. The number of halogens is 6.